The molecule has 1 atom stereocenters. The molecule has 2 rings (SSSR count). The summed E-state index contributed by atoms with van der Waals surface area (Å²) in [5, 5.41) is 9.05. The first-order valence-corrected chi connectivity index (χ1v) is 6.54. The normalized spacial score (nSPS) is 19.5. The highest BCUT2D eigenvalue weighted by Crippen LogP contribution is 2.30. The van der Waals surface area contributed by atoms with Crippen LogP contribution in [0.3, 0.4) is 0 Å². The van der Waals surface area contributed by atoms with Gasteiger partial charge in [-0.3, -0.25) is 4.79 Å². The Morgan fingerprint density at radius 2 is 2.35 bits per heavy atom. The van der Waals surface area contributed by atoms with Crippen molar-refractivity contribution in [3.63, 3.8) is 0 Å². The molecule has 1 heterocycles. The molecule has 1 aromatic rings. The molecule has 88 valence electrons. The van der Waals surface area contributed by atoms with Crippen LogP contribution in [0.25, 0.3) is 0 Å². The van der Waals surface area contributed by atoms with Crippen molar-refractivity contribution in [2.45, 2.75) is 6.42 Å². The van der Waals surface area contributed by atoms with E-state index in [4.69, 9.17) is 16.9 Å². The van der Waals surface area contributed by atoms with Gasteiger partial charge in [0.1, 0.15) is 6.07 Å². The maximum absolute atomic E-state index is 11.9. The predicted octanol–water partition coefficient (Wildman–Crippen LogP) is 2.91. The van der Waals surface area contributed by atoms with Crippen molar-refractivity contribution < 1.29 is 4.79 Å². The third-order valence-corrected chi connectivity index (χ3v) is 3.72. The Kier molecular flexibility index (Phi) is 3.70. The highest BCUT2D eigenvalue weighted by Gasteiger charge is 2.31. The topological polar surface area (TPSA) is 44.1 Å². The summed E-state index contributed by atoms with van der Waals surface area (Å²) in [5.41, 5.74) is 1.18. The smallest absolute Gasteiger partial charge is 0.227 e. The van der Waals surface area contributed by atoms with Crippen LogP contribution >= 0.6 is 27.5 Å². The molecule has 1 fully saturated rings. The van der Waals surface area contributed by atoms with Gasteiger partial charge in [0.25, 0.3) is 0 Å². The van der Waals surface area contributed by atoms with Gasteiger partial charge in [0.2, 0.25) is 5.91 Å². The van der Waals surface area contributed by atoms with Gasteiger partial charge in [-0.25, -0.2) is 0 Å². The lowest BCUT2D eigenvalue weighted by Crippen LogP contribution is -2.25. The SMILES string of the molecule is N#Cc1ccc(Br)cc1N1CC(CCl)CC1=O. The van der Waals surface area contributed by atoms with Gasteiger partial charge in [-0.15, -0.1) is 11.6 Å². The van der Waals surface area contributed by atoms with E-state index < -0.39 is 0 Å². The molecule has 0 saturated carbocycles. The fourth-order valence-electron chi connectivity index (χ4n) is 1.94. The van der Waals surface area contributed by atoms with E-state index in [-0.39, 0.29) is 11.8 Å². The Hall–Kier alpha value is -1.05. The van der Waals surface area contributed by atoms with Crippen molar-refractivity contribution in [2.75, 3.05) is 17.3 Å². The quantitative estimate of drug-likeness (QED) is 0.788. The van der Waals surface area contributed by atoms with Crippen LogP contribution in [0.15, 0.2) is 22.7 Å². The van der Waals surface area contributed by atoms with Crippen molar-refractivity contribution in [2.24, 2.45) is 5.92 Å². The first-order chi connectivity index (χ1) is 8.15. The summed E-state index contributed by atoms with van der Waals surface area (Å²) in [5.74, 6) is 0.679. The van der Waals surface area contributed by atoms with Gasteiger partial charge in [0.05, 0.1) is 11.3 Å². The second-order valence-corrected chi connectivity index (χ2v) is 5.23. The summed E-state index contributed by atoms with van der Waals surface area (Å²) < 4.78 is 0.855. The molecular formula is C12H10BrClN2O. The fourth-order valence-corrected chi connectivity index (χ4v) is 2.50. The van der Waals surface area contributed by atoms with Crippen molar-refractivity contribution in [1.29, 1.82) is 5.26 Å². The summed E-state index contributed by atoms with van der Waals surface area (Å²) in [6, 6.07) is 7.41. The van der Waals surface area contributed by atoms with Crippen LogP contribution in [0.4, 0.5) is 5.69 Å². The van der Waals surface area contributed by atoms with Crippen molar-refractivity contribution >= 4 is 39.1 Å². The predicted molar refractivity (Wildman–Crippen MR) is 70.0 cm³/mol. The number of hydrogen-bond acceptors (Lipinski definition) is 2. The molecule has 1 aromatic carbocycles. The first-order valence-electron chi connectivity index (χ1n) is 5.21. The van der Waals surface area contributed by atoms with Gasteiger partial charge in [-0.1, -0.05) is 15.9 Å². The lowest BCUT2D eigenvalue weighted by molar-refractivity contribution is -0.117. The Labute approximate surface area is 113 Å². The van der Waals surface area contributed by atoms with Gasteiger partial charge < -0.3 is 4.90 Å². The minimum atomic E-state index is 0.0326. The number of hydrogen-bond donors (Lipinski definition) is 0. The number of anilines is 1. The number of alkyl halides is 1. The molecule has 0 aliphatic carbocycles. The molecule has 0 aromatic heterocycles. The Balaban J connectivity index is 2.37. The van der Waals surface area contributed by atoms with Crippen LogP contribution < -0.4 is 4.90 Å². The summed E-state index contributed by atoms with van der Waals surface area (Å²) in [6.45, 7) is 0.591. The lowest BCUT2D eigenvalue weighted by Gasteiger charge is -2.18. The fraction of sp³-hybridized carbons (Fsp3) is 0.333. The van der Waals surface area contributed by atoms with Crippen LogP contribution in [0.5, 0.6) is 0 Å². The molecule has 0 spiro atoms. The van der Waals surface area contributed by atoms with Crippen LogP contribution in [-0.4, -0.2) is 18.3 Å². The first kappa shape index (κ1) is 12.4. The zero-order valence-electron chi connectivity index (χ0n) is 8.99. The lowest BCUT2D eigenvalue weighted by atomic mass is 10.1. The number of amides is 1. The third kappa shape index (κ3) is 2.46. The van der Waals surface area contributed by atoms with E-state index in [0.29, 0.717) is 30.1 Å². The monoisotopic (exact) mass is 312 g/mol. The Bertz CT molecular complexity index is 498. The van der Waals surface area contributed by atoms with Gasteiger partial charge in [0.15, 0.2) is 0 Å². The summed E-state index contributed by atoms with van der Waals surface area (Å²) in [6.07, 6.45) is 0.459. The molecule has 1 saturated heterocycles. The molecule has 0 N–H and O–H groups in total. The molecule has 1 amide bonds. The van der Waals surface area contributed by atoms with Gasteiger partial charge in [-0.2, -0.15) is 5.26 Å². The number of carbonyl (C=O) groups excluding carboxylic acids is 1. The van der Waals surface area contributed by atoms with Crippen molar-refractivity contribution in [1.82, 2.24) is 0 Å². The van der Waals surface area contributed by atoms with E-state index in [1.54, 1.807) is 23.1 Å². The van der Waals surface area contributed by atoms with Gasteiger partial charge >= 0.3 is 0 Å². The zero-order chi connectivity index (χ0) is 12.4. The average Bonchev–Trinajstić information content (AvgIpc) is 2.70. The van der Waals surface area contributed by atoms with Crippen LogP contribution in [0.1, 0.15) is 12.0 Å². The van der Waals surface area contributed by atoms with Crippen LogP contribution in [0, 0.1) is 17.2 Å². The number of halogens is 2. The molecule has 1 unspecified atom stereocenters. The second-order valence-electron chi connectivity index (χ2n) is 4.00. The Morgan fingerprint density at radius 1 is 1.59 bits per heavy atom. The molecule has 1 aliphatic rings. The molecule has 0 bridgehead atoms. The average molecular weight is 314 g/mol. The molecule has 17 heavy (non-hydrogen) atoms. The Morgan fingerprint density at radius 3 is 2.94 bits per heavy atom. The van der Waals surface area contributed by atoms with Gasteiger partial charge in [0, 0.05) is 23.3 Å². The maximum atomic E-state index is 11.9. The number of nitriles is 1. The number of nitrogens with zero attached hydrogens (tertiary/aromatic N) is 2. The number of rotatable bonds is 2. The van der Waals surface area contributed by atoms with Crippen molar-refractivity contribution in [3.8, 4) is 6.07 Å². The van der Waals surface area contributed by atoms with E-state index in [9.17, 15) is 4.79 Å². The molecule has 5 heteroatoms. The van der Waals surface area contributed by atoms with E-state index >= 15 is 0 Å². The number of benzene rings is 1. The van der Waals surface area contributed by atoms with Crippen LogP contribution in [-0.2, 0) is 4.79 Å². The van der Waals surface area contributed by atoms with Crippen LogP contribution in [0.2, 0.25) is 0 Å². The van der Waals surface area contributed by atoms with Crippen molar-refractivity contribution in [3.05, 3.63) is 28.2 Å². The zero-order valence-corrected chi connectivity index (χ0v) is 11.3. The summed E-state index contributed by atoms with van der Waals surface area (Å²) >= 11 is 9.13. The highest BCUT2D eigenvalue weighted by molar-refractivity contribution is 9.10. The highest BCUT2D eigenvalue weighted by atomic mass is 79.9. The van der Waals surface area contributed by atoms with Gasteiger partial charge in [-0.05, 0) is 24.1 Å². The molecular weight excluding hydrogens is 304 g/mol. The van der Waals surface area contributed by atoms with E-state index in [2.05, 4.69) is 22.0 Å². The van der Waals surface area contributed by atoms with E-state index in [1.807, 2.05) is 0 Å². The molecule has 3 nitrogen and oxygen atoms in total. The third-order valence-electron chi connectivity index (χ3n) is 2.79. The minimum Gasteiger partial charge on any atom is -0.311 e. The van der Waals surface area contributed by atoms with E-state index in [0.717, 1.165) is 4.47 Å². The minimum absolute atomic E-state index is 0.0326. The summed E-state index contributed by atoms with van der Waals surface area (Å²) in [7, 11) is 0. The number of carbonyl (C=O) groups is 1. The maximum Gasteiger partial charge on any atom is 0.227 e. The largest absolute Gasteiger partial charge is 0.311 e. The second kappa shape index (κ2) is 5.07. The summed E-state index contributed by atoms with van der Waals surface area (Å²) in [4.78, 5) is 13.5. The molecule has 1 aliphatic heterocycles. The molecule has 0 radical (unpaired) electrons. The standard InChI is InChI=1S/C12H10BrClN2O/c13-10-2-1-9(6-15)11(4-10)16-7-8(5-14)3-12(16)17/h1-2,4,8H,3,5,7H2. The van der Waals surface area contributed by atoms with E-state index in [1.165, 1.54) is 0 Å².